The van der Waals surface area contributed by atoms with Crippen molar-refractivity contribution < 1.29 is 14.2 Å². The van der Waals surface area contributed by atoms with Crippen LogP contribution in [0.25, 0.3) is 0 Å². The second-order valence-corrected chi connectivity index (χ2v) is 6.65. The second-order valence-electron chi connectivity index (χ2n) is 6.65. The molecule has 4 nitrogen and oxygen atoms in total. The zero-order valence-electron chi connectivity index (χ0n) is 10.7. The minimum atomic E-state index is -0.995. The van der Waals surface area contributed by atoms with Gasteiger partial charge in [0.1, 0.15) is 0 Å². The molecule has 3 fully saturated rings. The van der Waals surface area contributed by atoms with Crippen LogP contribution in [-0.4, -0.2) is 31.8 Å². The summed E-state index contributed by atoms with van der Waals surface area (Å²) in [6.45, 7) is 10.6. The fourth-order valence-electron chi connectivity index (χ4n) is 2.18. The fourth-order valence-corrected chi connectivity index (χ4v) is 2.18. The third-order valence-corrected chi connectivity index (χ3v) is 3.15. The first kappa shape index (κ1) is 12.3. The molecular weight excluding hydrogens is 206 g/mol. The third-order valence-electron chi connectivity index (χ3n) is 3.15. The van der Waals surface area contributed by atoms with Crippen LogP contribution in [0.15, 0.2) is 0 Å². The van der Waals surface area contributed by atoms with E-state index in [1.165, 1.54) is 0 Å². The number of fused-ring (bicyclic) bond motifs is 3. The topological polar surface area (TPSA) is 53.7 Å². The standard InChI is InChI=1S/C12H23NO3/c1-10(2,3)5-9(13)12-14-6-11(4,7-15-12)8-16-12/h9H,5-8,13H2,1-4H3. The summed E-state index contributed by atoms with van der Waals surface area (Å²) in [5, 5.41) is 0. The molecule has 0 spiro atoms. The van der Waals surface area contributed by atoms with Gasteiger partial charge in [-0.05, 0) is 11.8 Å². The first-order valence-electron chi connectivity index (χ1n) is 5.92. The van der Waals surface area contributed by atoms with Crippen molar-refractivity contribution in [2.75, 3.05) is 19.8 Å². The van der Waals surface area contributed by atoms with Crippen LogP contribution in [-0.2, 0) is 14.2 Å². The van der Waals surface area contributed by atoms with Crippen molar-refractivity contribution in [2.24, 2.45) is 16.6 Å². The summed E-state index contributed by atoms with van der Waals surface area (Å²) in [7, 11) is 0. The highest BCUT2D eigenvalue weighted by molar-refractivity contribution is 4.90. The van der Waals surface area contributed by atoms with E-state index in [4.69, 9.17) is 19.9 Å². The second kappa shape index (κ2) is 3.67. The van der Waals surface area contributed by atoms with Gasteiger partial charge in [-0.3, -0.25) is 0 Å². The molecule has 3 heterocycles. The van der Waals surface area contributed by atoms with Gasteiger partial charge in [0, 0.05) is 5.41 Å². The Labute approximate surface area is 97.4 Å². The monoisotopic (exact) mass is 229 g/mol. The Hall–Kier alpha value is -0.160. The smallest absolute Gasteiger partial charge is 0.299 e. The zero-order valence-corrected chi connectivity index (χ0v) is 10.7. The summed E-state index contributed by atoms with van der Waals surface area (Å²) >= 11 is 0. The molecule has 0 saturated carbocycles. The average Bonchev–Trinajstić information content (AvgIpc) is 2.16. The first-order chi connectivity index (χ1) is 7.25. The SMILES string of the molecule is CC(C)(C)CC(N)C12OCC(C)(CO1)CO2. The largest absolute Gasteiger partial charge is 0.325 e. The van der Waals surface area contributed by atoms with E-state index in [1.54, 1.807) is 0 Å². The molecular formula is C12H23NO3. The molecule has 0 amide bonds. The molecule has 0 aromatic heterocycles. The van der Waals surface area contributed by atoms with E-state index in [1.807, 2.05) is 0 Å². The lowest BCUT2D eigenvalue weighted by molar-refractivity contribution is -0.473. The lowest BCUT2D eigenvalue weighted by Crippen LogP contribution is -2.66. The minimum Gasteiger partial charge on any atom is -0.325 e. The van der Waals surface area contributed by atoms with Gasteiger partial charge in [-0.25, -0.2) is 0 Å². The molecule has 1 atom stereocenters. The molecule has 2 bridgehead atoms. The predicted octanol–water partition coefficient (Wildman–Crippen LogP) is 1.49. The van der Waals surface area contributed by atoms with Crippen LogP contribution in [0.1, 0.15) is 34.1 Å². The molecule has 0 radical (unpaired) electrons. The number of hydrogen-bond acceptors (Lipinski definition) is 4. The Morgan fingerprint density at radius 2 is 1.56 bits per heavy atom. The Balaban J connectivity index is 2.04. The van der Waals surface area contributed by atoms with Crippen LogP contribution in [0.3, 0.4) is 0 Å². The van der Waals surface area contributed by atoms with Crippen LogP contribution in [0.5, 0.6) is 0 Å². The maximum atomic E-state index is 6.17. The molecule has 3 rings (SSSR count). The van der Waals surface area contributed by atoms with Gasteiger partial charge < -0.3 is 19.9 Å². The number of hydrogen-bond donors (Lipinski definition) is 1. The van der Waals surface area contributed by atoms with Crippen LogP contribution >= 0.6 is 0 Å². The summed E-state index contributed by atoms with van der Waals surface area (Å²) in [6, 6.07) is -0.239. The maximum Gasteiger partial charge on any atom is 0.299 e. The van der Waals surface area contributed by atoms with Gasteiger partial charge in [0.25, 0.3) is 5.97 Å². The molecule has 16 heavy (non-hydrogen) atoms. The van der Waals surface area contributed by atoms with Crippen molar-refractivity contribution in [2.45, 2.75) is 46.1 Å². The van der Waals surface area contributed by atoms with Crippen LogP contribution in [0.2, 0.25) is 0 Å². The van der Waals surface area contributed by atoms with Crippen LogP contribution < -0.4 is 5.73 Å². The van der Waals surface area contributed by atoms with Gasteiger partial charge >= 0.3 is 0 Å². The predicted molar refractivity (Wildman–Crippen MR) is 60.7 cm³/mol. The Morgan fingerprint density at radius 1 is 1.12 bits per heavy atom. The number of ether oxygens (including phenoxy) is 3. The van der Waals surface area contributed by atoms with Crippen LogP contribution in [0, 0.1) is 10.8 Å². The molecule has 1 unspecified atom stereocenters. The molecule has 0 aliphatic carbocycles. The molecule has 3 aliphatic heterocycles. The quantitative estimate of drug-likeness (QED) is 0.779. The van der Waals surface area contributed by atoms with Crippen molar-refractivity contribution in [3.8, 4) is 0 Å². The summed E-state index contributed by atoms with van der Waals surface area (Å²) in [5.41, 5.74) is 6.32. The Morgan fingerprint density at radius 3 is 1.94 bits per heavy atom. The fraction of sp³-hybridized carbons (Fsp3) is 1.00. The van der Waals surface area contributed by atoms with Gasteiger partial charge in [-0.15, -0.1) is 0 Å². The Kier molecular flexibility index (Phi) is 2.82. The van der Waals surface area contributed by atoms with Gasteiger partial charge in [0.15, 0.2) is 0 Å². The molecule has 0 aromatic rings. The zero-order chi connectivity index (χ0) is 12.0. The normalized spacial score (nSPS) is 41.1. The van der Waals surface area contributed by atoms with Crippen molar-refractivity contribution in [3.05, 3.63) is 0 Å². The highest BCUT2D eigenvalue weighted by atomic mass is 16.9. The molecule has 3 saturated heterocycles. The van der Waals surface area contributed by atoms with Gasteiger partial charge in [0.2, 0.25) is 0 Å². The Bertz CT molecular complexity index is 247. The molecule has 3 aliphatic rings. The summed E-state index contributed by atoms with van der Waals surface area (Å²) in [5.74, 6) is -0.995. The molecule has 0 aromatic carbocycles. The number of rotatable bonds is 2. The molecule has 4 heteroatoms. The first-order valence-corrected chi connectivity index (χ1v) is 5.92. The summed E-state index contributed by atoms with van der Waals surface area (Å²) in [6.07, 6.45) is 0.809. The lowest BCUT2D eigenvalue weighted by atomic mass is 9.85. The molecule has 2 N–H and O–H groups in total. The lowest BCUT2D eigenvalue weighted by Gasteiger charge is -2.53. The number of nitrogens with two attached hydrogens (primary N) is 1. The van der Waals surface area contributed by atoms with Crippen molar-refractivity contribution in [1.29, 1.82) is 0 Å². The van der Waals surface area contributed by atoms with E-state index >= 15 is 0 Å². The van der Waals surface area contributed by atoms with Gasteiger partial charge in [-0.1, -0.05) is 27.7 Å². The average molecular weight is 229 g/mol. The summed E-state index contributed by atoms with van der Waals surface area (Å²) in [4.78, 5) is 0. The van der Waals surface area contributed by atoms with E-state index in [9.17, 15) is 0 Å². The van der Waals surface area contributed by atoms with Crippen LogP contribution in [0.4, 0.5) is 0 Å². The van der Waals surface area contributed by atoms with Crippen molar-refractivity contribution in [3.63, 3.8) is 0 Å². The van der Waals surface area contributed by atoms with E-state index in [-0.39, 0.29) is 16.9 Å². The highest BCUT2D eigenvalue weighted by Gasteiger charge is 2.54. The van der Waals surface area contributed by atoms with E-state index in [2.05, 4.69) is 27.7 Å². The van der Waals surface area contributed by atoms with E-state index in [0.29, 0.717) is 19.8 Å². The highest BCUT2D eigenvalue weighted by Crippen LogP contribution is 2.41. The van der Waals surface area contributed by atoms with E-state index < -0.39 is 5.97 Å². The maximum absolute atomic E-state index is 6.17. The van der Waals surface area contributed by atoms with Gasteiger partial charge in [-0.2, -0.15) is 0 Å². The van der Waals surface area contributed by atoms with Crippen molar-refractivity contribution in [1.82, 2.24) is 0 Å². The van der Waals surface area contributed by atoms with E-state index in [0.717, 1.165) is 6.42 Å². The summed E-state index contributed by atoms with van der Waals surface area (Å²) < 4.78 is 17.1. The molecule has 94 valence electrons. The minimum absolute atomic E-state index is 0.00318. The van der Waals surface area contributed by atoms with Crippen molar-refractivity contribution >= 4 is 0 Å². The van der Waals surface area contributed by atoms with Gasteiger partial charge in [0.05, 0.1) is 25.9 Å². The third kappa shape index (κ3) is 2.25.